The molecule has 3 aromatic rings. The van der Waals surface area contributed by atoms with Gasteiger partial charge in [-0.15, -0.1) is 0 Å². The summed E-state index contributed by atoms with van der Waals surface area (Å²) >= 11 is 0. The predicted octanol–water partition coefficient (Wildman–Crippen LogP) is 4.90. The molecule has 0 heterocycles. The van der Waals surface area contributed by atoms with Crippen LogP contribution >= 0.6 is 7.60 Å². The van der Waals surface area contributed by atoms with Crippen LogP contribution in [0.15, 0.2) is 84.9 Å². The first-order valence-corrected chi connectivity index (χ1v) is 9.71. The Hall–Kier alpha value is -2.35. The molecule has 0 aliphatic rings. The molecule has 0 fully saturated rings. The summed E-state index contributed by atoms with van der Waals surface area (Å²) in [7, 11) is -3.88. The van der Waals surface area contributed by atoms with E-state index in [2.05, 4.69) is 26.0 Å². The molecule has 128 valence electrons. The van der Waals surface area contributed by atoms with Gasteiger partial charge < -0.3 is 9.42 Å². The van der Waals surface area contributed by atoms with Crippen molar-refractivity contribution in [1.29, 1.82) is 0 Å². The number of hydrogen-bond acceptors (Lipinski definition) is 2. The summed E-state index contributed by atoms with van der Waals surface area (Å²) in [6.45, 7) is 4.30. The van der Waals surface area contributed by atoms with E-state index < -0.39 is 7.60 Å². The second-order valence-electron chi connectivity index (χ2n) is 6.46. The van der Waals surface area contributed by atoms with Crippen molar-refractivity contribution in [2.45, 2.75) is 19.3 Å². The Bertz CT molecular complexity index is 872. The van der Waals surface area contributed by atoms with E-state index in [0.717, 1.165) is 5.56 Å². The first kappa shape index (κ1) is 17.5. The Morgan fingerprint density at radius 2 is 1.24 bits per heavy atom. The third kappa shape index (κ3) is 3.84. The fraction of sp³-hybridized carbons (Fsp3) is 0.143. The molecule has 1 unspecified atom stereocenters. The van der Waals surface area contributed by atoms with Gasteiger partial charge in [-0.1, -0.05) is 74.5 Å². The van der Waals surface area contributed by atoms with Gasteiger partial charge in [0.05, 0.1) is 5.30 Å². The molecule has 0 spiro atoms. The van der Waals surface area contributed by atoms with Gasteiger partial charge in [0.1, 0.15) is 5.75 Å². The quantitative estimate of drug-likeness (QED) is 0.664. The Morgan fingerprint density at radius 1 is 0.760 bits per heavy atom. The second-order valence-corrected chi connectivity index (χ2v) is 8.20. The molecule has 0 bridgehead atoms. The van der Waals surface area contributed by atoms with Crippen molar-refractivity contribution in [2.75, 3.05) is 0 Å². The zero-order valence-corrected chi connectivity index (χ0v) is 15.2. The molecule has 3 rings (SSSR count). The molecule has 4 heteroatoms. The molecule has 1 atom stereocenters. The molecule has 3 nitrogen and oxygen atoms in total. The summed E-state index contributed by atoms with van der Waals surface area (Å²) in [6, 6.07) is 26.0. The van der Waals surface area contributed by atoms with E-state index in [-0.39, 0.29) is 10.7 Å². The molecule has 0 saturated heterocycles. The topological polar surface area (TPSA) is 46.5 Å². The lowest BCUT2D eigenvalue weighted by atomic mass is 9.78. The normalized spacial score (nSPS) is 13.9. The highest BCUT2D eigenvalue weighted by atomic mass is 31.2. The Kier molecular flexibility index (Phi) is 4.80. The van der Waals surface area contributed by atoms with Gasteiger partial charge in [0.2, 0.25) is 0 Å². The van der Waals surface area contributed by atoms with Gasteiger partial charge in [-0.2, -0.15) is 0 Å². The molecule has 1 N–H and O–H groups in total. The number of rotatable bonds is 5. The van der Waals surface area contributed by atoms with Crippen LogP contribution in [-0.4, -0.2) is 4.89 Å². The summed E-state index contributed by atoms with van der Waals surface area (Å²) in [5, 5.41) is 0.281. The Labute approximate surface area is 148 Å². The Morgan fingerprint density at radius 3 is 1.80 bits per heavy atom. The second kappa shape index (κ2) is 6.87. The average Bonchev–Trinajstić information content (AvgIpc) is 2.63. The lowest BCUT2D eigenvalue weighted by Crippen LogP contribution is -2.18. The van der Waals surface area contributed by atoms with Crippen LogP contribution < -0.4 is 9.83 Å². The maximum absolute atomic E-state index is 12.4. The molecule has 0 aliphatic carbocycles. The highest BCUT2D eigenvalue weighted by Crippen LogP contribution is 2.42. The minimum atomic E-state index is -3.88. The fourth-order valence-corrected chi connectivity index (χ4v) is 3.83. The molecule has 0 saturated carbocycles. The van der Waals surface area contributed by atoms with Crippen LogP contribution in [-0.2, 0) is 9.98 Å². The minimum absolute atomic E-state index is 0.165. The zero-order chi connectivity index (χ0) is 17.9. The lowest BCUT2D eigenvalue weighted by molar-refractivity contribution is 0.393. The molecule has 0 aliphatic heterocycles. The molecule has 0 amide bonds. The van der Waals surface area contributed by atoms with E-state index in [1.807, 2.05) is 30.3 Å². The van der Waals surface area contributed by atoms with E-state index in [9.17, 15) is 9.46 Å². The summed E-state index contributed by atoms with van der Waals surface area (Å²) in [4.78, 5) is 10.2. The van der Waals surface area contributed by atoms with E-state index in [0.29, 0.717) is 5.75 Å². The number of benzene rings is 3. The third-order valence-corrected chi connectivity index (χ3v) is 5.79. The predicted molar refractivity (Wildman–Crippen MR) is 102 cm³/mol. The standard InChI is InChI=1S/C21H21O3P/c1-21(2,17-9-5-3-6-10-17)18-13-15-19(16-14-18)24-25(22,23)20-11-7-4-8-12-20/h3-16H,1-2H3,(H,22,23). The van der Waals surface area contributed by atoms with Gasteiger partial charge in [-0.25, -0.2) is 4.57 Å². The maximum Gasteiger partial charge on any atom is 0.408 e. The van der Waals surface area contributed by atoms with Gasteiger partial charge in [0, 0.05) is 5.41 Å². The molecular formula is C21H21O3P. The van der Waals surface area contributed by atoms with Crippen molar-refractivity contribution < 1.29 is 14.0 Å². The molecule has 25 heavy (non-hydrogen) atoms. The molecule has 3 aromatic carbocycles. The van der Waals surface area contributed by atoms with Crippen LogP contribution in [0, 0.1) is 0 Å². The van der Waals surface area contributed by atoms with Crippen molar-refractivity contribution in [3.63, 3.8) is 0 Å². The van der Waals surface area contributed by atoms with Crippen LogP contribution in [0.1, 0.15) is 25.0 Å². The zero-order valence-electron chi connectivity index (χ0n) is 14.3. The largest absolute Gasteiger partial charge is 0.421 e. The maximum atomic E-state index is 12.4. The smallest absolute Gasteiger partial charge is 0.408 e. The highest BCUT2D eigenvalue weighted by Gasteiger charge is 2.25. The first-order valence-electron chi connectivity index (χ1n) is 8.14. The van der Waals surface area contributed by atoms with Gasteiger partial charge in [-0.3, -0.25) is 0 Å². The lowest BCUT2D eigenvalue weighted by Gasteiger charge is -2.26. The van der Waals surface area contributed by atoms with Crippen molar-refractivity contribution in [3.8, 4) is 5.75 Å². The van der Waals surface area contributed by atoms with Crippen molar-refractivity contribution in [3.05, 3.63) is 96.1 Å². The van der Waals surface area contributed by atoms with Crippen molar-refractivity contribution in [1.82, 2.24) is 0 Å². The van der Waals surface area contributed by atoms with Crippen LogP contribution in [0.4, 0.5) is 0 Å². The highest BCUT2D eigenvalue weighted by molar-refractivity contribution is 7.61. The van der Waals surface area contributed by atoms with E-state index in [4.69, 9.17) is 4.52 Å². The molecular weight excluding hydrogens is 331 g/mol. The van der Waals surface area contributed by atoms with Crippen molar-refractivity contribution in [2.24, 2.45) is 0 Å². The van der Waals surface area contributed by atoms with Gasteiger partial charge in [0.15, 0.2) is 0 Å². The monoisotopic (exact) mass is 352 g/mol. The van der Waals surface area contributed by atoms with Gasteiger partial charge in [0.25, 0.3) is 0 Å². The van der Waals surface area contributed by atoms with E-state index >= 15 is 0 Å². The fourth-order valence-electron chi connectivity index (χ4n) is 2.77. The number of hydrogen-bond donors (Lipinski definition) is 1. The van der Waals surface area contributed by atoms with Crippen LogP contribution in [0.25, 0.3) is 0 Å². The van der Waals surface area contributed by atoms with E-state index in [1.54, 1.807) is 42.5 Å². The van der Waals surface area contributed by atoms with Crippen LogP contribution in [0.3, 0.4) is 0 Å². The summed E-state index contributed by atoms with van der Waals surface area (Å²) in [5.74, 6) is 0.377. The van der Waals surface area contributed by atoms with Crippen LogP contribution in [0.2, 0.25) is 0 Å². The molecule has 0 radical (unpaired) electrons. The van der Waals surface area contributed by atoms with E-state index in [1.165, 1.54) is 5.56 Å². The SMILES string of the molecule is CC(C)(c1ccccc1)c1ccc(OP(=O)(O)c2ccccc2)cc1. The molecule has 0 aromatic heterocycles. The third-order valence-electron chi connectivity index (χ3n) is 4.38. The van der Waals surface area contributed by atoms with Gasteiger partial charge in [-0.05, 0) is 35.4 Å². The Balaban J connectivity index is 1.82. The van der Waals surface area contributed by atoms with Crippen LogP contribution in [0.5, 0.6) is 5.75 Å². The average molecular weight is 352 g/mol. The minimum Gasteiger partial charge on any atom is -0.421 e. The summed E-state index contributed by atoms with van der Waals surface area (Å²) < 4.78 is 17.8. The first-order chi connectivity index (χ1) is 11.9. The summed E-state index contributed by atoms with van der Waals surface area (Å²) in [6.07, 6.45) is 0. The van der Waals surface area contributed by atoms with Gasteiger partial charge >= 0.3 is 7.60 Å². The van der Waals surface area contributed by atoms with Crippen molar-refractivity contribution >= 4 is 12.9 Å². The summed E-state index contributed by atoms with van der Waals surface area (Å²) in [5.41, 5.74) is 2.15.